The normalized spacial score (nSPS) is 12.2. The molecule has 0 radical (unpaired) electrons. The number of rotatable bonds is 11. The number of aromatic hydroxyl groups is 2. The first-order valence-corrected chi connectivity index (χ1v) is 11.4. The number of nitrogens with zero attached hydrogens (tertiary/aromatic N) is 3. The summed E-state index contributed by atoms with van der Waals surface area (Å²) in [5.41, 5.74) is 0.0875. The van der Waals surface area contributed by atoms with Crippen LogP contribution in [0.1, 0.15) is 61.3 Å². The van der Waals surface area contributed by atoms with Gasteiger partial charge < -0.3 is 19.9 Å². The van der Waals surface area contributed by atoms with Crippen molar-refractivity contribution in [1.82, 2.24) is 15.3 Å². The summed E-state index contributed by atoms with van der Waals surface area (Å²) in [6.45, 7) is 3.48. The molecule has 0 saturated heterocycles. The molecule has 2 aromatic rings. The lowest BCUT2D eigenvalue weighted by Gasteiger charge is -2.19. The van der Waals surface area contributed by atoms with E-state index in [1.807, 2.05) is 6.92 Å². The maximum absolute atomic E-state index is 12.6. The number of anilines is 1. The lowest BCUT2D eigenvalue weighted by molar-refractivity contribution is 0.0929. The van der Waals surface area contributed by atoms with Gasteiger partial charge in [-0.2, -0.15) is 15.2 Å². The highest BCUT2D eigenvalue weighted by atomic mass is 32.2. The Morgan fingerprint density at radius 2 is 2.03 bits per heavy atom. The number of sulfonamides is 1. The third kappa shape index (κ3) is 6.85. The molecule has 0 aromatic carbocycles. The molecule has 0 spiro atoms. The third-order valence-corrected chi connectivity index (χ3v) is 5.73. The largest absolute Gasteiger partial charge is 0.503 e. The highest BCUT2D eigenvalue weighted by molar-refractivity contribution is 7.92. The number of amides is 1. The minimum atomic E-state index is -3.60. The van der Waals surface area contributed by atoms with Gasteiger partial charge in [0.25, 0.3) is 11.8 Å². The Balaban J connectivity index is 2.18. The summed E-state index contributed by atoms with van der Waals surface area (Å²) >= 11 is 0. The summed E-state index contributed by atoms with van der Waals surface area (Å²) in [6.07, 6.45) is 4.43. The topological polar surface area (TPSA) is 178 Å². The van der Waals surface area contributed by atoms with Crippen molar-refractivity contribution in [2.75, 3.05) is 10.5 Å². The van der Waals surface area contributed by atoms with Gasteiger partial charge in [-0.05, 0) is 25.8 Å². The average Bonchev–Trinajstić information content (AvgIpc) is 3.19. The number of hydrogen-bond donors (Lipinski definition) is 4. The molecule has 0 bridgehead atoms. The molecule has 11 nitrogen and oxygen atoms in total. The summed E-state index contributed by atoms with van der Waals surface area (Å²) < 4.78 is 30.3. The SMILES string of the molecule is CCCCCC(Cc1cc(C#N)nc(O)c1O)NC(=O)c1coc(NS(=O)(=O)CC)n1. The van der Waals surface area contributed by atoms with Gasteiger partial charge in [0, 0.05) is 11.6 Å². The zero-order valence-corrected chi connectivity index (χ0v) is 18.1. The molecule has 1 atom stereocenters. The van der Waals surface area contributed by atoms with Crippen molar-refractivity contribution in [2.24, 2.45) is 0 Å². The van der Waals surface area contributed by atoms with Crippen LogP contribution in [0.3, 0.4) is 0 Å². The Morgan fingerprint density at radius 3 is 2.68 bits per heavy atom. The Hall–Kier alpha value is -3.33. The van der Waals surface area contributed by atoms with Crippen LogP contribution >= 0.6 is 0 Å². The van der Waals surface area contributed by atoms with Gasteiger partial charge in [0.2, 0.25) is 10.0 Å². The van der Waals surface area contributed by atoms with E-state index in [0.717, 1.165) is 25.5 Å². The highest BCUT2D eigenvalue weighted by Crippen LogP contribution is 2.29. The number of oxazole rings is 1. The molecule has 2 heterocycles. The molecule has 2 aromatic heterocycles. The Morgan fingerprint density at radius 1 is 1.29 bits per heavy atom. The monoisotopic (exact) mass is 451 g/mol. The molecule has 0 aliphatic heterocycles. The van der Waals surface area contributed by atoms with Crippen molar-refractivity contribution < 1.29 is 27.8 Å². The minimum Gasteiger partial charge on any atom is -0.503 e. The van der Waals surface area contributed by atoms with Gasteiger partial charge in [-0.3, -0.25) is 4.79 Å². The van der Waals surface area contributed by atoms with Gasteiger partial charge in [-0.1, -0.05) is 26.2 Å². The number of hydrogen-bond acceptors (Lipinski definition) is 9. The number of carbonyl (C=O) groups excluding carboxylic acids is 1. The first-order chi connectivity index (χ1) is 14.7. The number of nitrogens with one attached hydrogen (secondary N) is 2. The van der Waals surface area contributed by atoms with Crippen LogP contribution in [-0.4, -0.2) is 46.3 Å². The second kappa shape index (κ2) is 10.6. The van der Waals surface area contributed by atoms with Crippen LogP contribution < -0.4 is 10.0 Å². The van der Waals surface area contributed by atoms with Gasteiger partial charge in [-0.15, -0.1) is 0 Å². The molecule has 168 valence electrons. The molecule has 2 rings (SSSR count). The molecule has 0 fully saturated rings. The molecular formula is C19H25N5O6S. The predicted octanol–water partition coefficient (Wildman–Crippen LogP) is 2.04. The molecule has 1 amide bonds. The van der Waals surface area contributed by atoms with Crippen molar-refractivity contribution >= 4 is 21.9 Å². The number of pyridine rings is 1. The van der Waals surface area contributed by atoms with Crippen LogP contribution in [0.2, 0.25) is 0 Å². The van der Waals surface area contributed by atoms with Gasteiger partial charge in [0.15, 0.2) is 11.4 Å². The molecule has 0 aliphatic carbocycles. The maximum Gasteiger partial charge on any atom is 0.309 e. The summed E-state index contributed by atoms with van der Waals surface area (Å²) in [4.78, 5) is 20.0. The van der Waals surface area contributed by atoms with Crippen molar-refractivity contribution in [1.29, 1.82) is 5.26 Å². The Kier molecular flexibility index (Phi) is 8.21. The average molecular weight is 452 g/mol. The fraction of sp³-hybridized carbons (Fsp3) is 0.474. The fourth-order valence-electron chi connectivity index (χ4n) is 2.81. The lowest BCUT2D eigenvalue weighted by Crippen LogP contribution is -2.36. The third-order valence-electron chi connectivity index (χ3n) is 4.49. The number of nitriles is 1. The zero-order valence-electron chi connectivity index (χ0n) is 17.3. The predicted molar refractivity (Wildman–Crippen MR) is 111 cm³/mol. The number of aromatic nitrogens is 2. The number of carbonyl (C=O) groups is 1. The summed E-state index contributed by atoms with van der Waals surface area (Å²) in [6, 6.07) is 2.39. The maximum atomic E-state index is 12.6. The van der Waals surface area contributed by atoms with E-state index in [4.69, 9.17) is 9.68 Å². The van der Waals surface area contributed by atoms with Crippen molar-refractivity contribution in [2.45, 2.75) is 52.0 Å². The van der Waals surface area contributed by atoms with Crippen molar-refractivity contribution in [3.8, 4) is 17.7 Å². The second-order valence-corrected chi connectivity index (χ2v) is 8.88. The molecular weight excluding hydrogens is 426 g/mol. The highest BCUT2D eigenvalue weighted by Gasteiger charge is 2.21. The van der Waals surface area contributed by atoms with Crippen LogP contribution in [0, 0.1) is 11.3 Å². The van der Waals surface area contributed by atoms with E-state index in [2.05, 4.69) is 20.0 Å². The Bertz CT molecular complexity index is 1060. The first kappa shape index (κ1) is 23.9. The van der Waals surface area contributed by atoms with Gasteiger partial charge >= 0.3 is 6.01 Å². The second-order valence-electron chi connectivity index (χ2n) is 6.86. The molecule has 12 heteroatoms. The number of unbranched alkanes of at least 4 members (excludes halogenated alkanes) is 2. The molecule has 1 unspecified atom stereocenters. The molecule has 4 N–H and O–H groups in total. The van der Waals surface area contributed by atoms with Gasteiger partial charge in [0.05, 0.1) is 5.75 Å². The quantitative estimate of drug-likeness (QED) is 0.372. The van der Waals surface area contributed by atoms with E-state index in [0.29, 0.717) is 6.42 Å². The summed E-state index contributed by atoms with van der Waals surface area (Å²) in [5.74, 6) is -1.88. The smallest absolute Gasteiger partial charge is 0.309 e. The molecule has 31 heavy (non-hydrogen) atoms. The molecule has 0 saturated carbocycles. The summed E-state index contributed by atoms with van der Waals surface area (Å²) in [7, 11) is -3.60. The van der Waals surface area contributed by atoms with Crippen LogP contribution in [0.15, 0.2) is 16.7 Å². The molecule has 0 aliphatic rings. The standard InChI is InChI=1S/C19H25N5O6S/c1-3-5-6-7-13(8-12-9-14(10-20)22-18(27)16(12)25)21-17(26)15-11-30-19(23-15)24-31(28,29)4-2/h9,11,13,25H,3-8H2,1-2H3,(H,21,26)(H,22,27)(H,23,24). The van der Waals surface area contributed by atoms with Crippen molar-refractivity contribution in [3.05, 3.63) is 29.3 Å². The van der Waals surface area contributed by atoms with Crippen LogP contribution in [-0.2, 0) is 16.4 Å². The first-order valence-electron chi connectivity index (χ1n) is 9.77. The van der Waals surface area contributed by atoms with Gasteiger partial charge in [-0.25, -0.2) is 13.1 Å². The lowest BCUT2D eigenvalue weighted by atomic mass is 9.99. The van der Waals surface area contributed by atoms with Crippen LogP contribution in [0.5, 0.6) is 11.6 Å². The van der Waals surface area contributed by atoms with E-state index in [-0.39, 0.29) is 35.1 Å². The van der Waals surface area contributed by atoms with Gasteiger partial charge in [0.1, 0.15) is 18.0 Å². The van der Waals surface area contributed by atoms with Crippen molar-refractivity contribution in [3.63, 3.8) is 0 Å². The summed E-state index contributed by atoms with van der Waals surface area (Å²) in [5, 5.41) is 31.7. The minimum absolute atomic E-state index is 0.0618. The Labute approximate surface area is 180 Å². The van der Waals surface area contributed by atoms with Crippen LogP contribution in [0.4, 0.5) is 6.01 Å². The van der Waals surface area contributed by atoms with E-state index >= 15 is 0 Å². The fourth-order valence-corrected chi connectivity index (χ4v) is 3.31. The van der Waals surface area contributed by atoms with E-state index in [1.54, 1.807) is 6.07 Å². The van der Waals surface area contributed by atoms with E-state index < -0.39 is 33.6 Å². The van der Waals surface area contributed by atoms with Crippen LogP contribution in [0.25, 0.3) is 0 Å². The van der Waals surface area contributed by atoms with E-state index in [9.17, 15) is 23.4 Å². The zero-order chi connectivity index (χ0) is 23.0. The van der Waals surface area contributed by atoms with E-state index in [1.165, 1.54) is 13.0 Å².